The minimum absolute atomic E-state index is 0.0637. The van der Waals surface area contributed by atoms with Crippen LogP contribution in [0.1, 0.15) is 44.7 Å². The highest BCUT2D eigenvalue weighted by Gasteiger charge is 2.29. The zero-order valence-electron chi connectivity index (χ0n) is 17.9. The summed E-state index contributed by atoms with van der Waals surface area (Å²) < 4.78 is 5.72. The lowest BCUT2D eigenvalue weighted by atomic mass is 10.1. The highest BCUT2D eigenvalue weighted by atomic mass is 16.5. The maximum atomic E-state index is 13.1. The number of hydrogen-bond acceptors (Lipinski definition) is 3. The fourth-order valence-corrected chi connectivity index (χ4v) is 3.07. The molecule has 2 aromatic carbocycles. The van der Waals surface area contributed by atoms with Crippen molar-refractivity contribution in [2.45, 2.75) is 59.2 Å². The van der Waals surface area contributed by atoms with E-state index < -0.39 is 6.04 Å². The number of carbonyl (C=O) groups is 2. The van der Waals surface area contributed by atoms with E-state index in [1.54, 1.807) is 4.90 Å². The van der Waals surface area contributed by atoms with Crippen LogP contribution in [0.5, 0.6) is 5.75 Å². The van der Waals surface area contributed by atoms with Gasteiger partial charge in [-0.25, -0.2) is 0 Å². The Kier molecular flexibility index (Phi) is 8.71. The summed E-state index contributed by atoms with van der Waals surface area (Å²) in [6, 6.07) is 16.8. The van der Waals surface area contributed by atoms with Gasteiger partial charge in [0.15, 0.2) is 6.61 Å². The topological polar surface area (TPSA) is 58.6 Å². The van der Waals surface area contributed by atoms with Gasteiger partial charge in [0, 0.05) is 12.6 Å². The number of amides is 2. The van der Waals surface area contributed by atoms with E-state index in [1.165, 1.54) is 0 Å². The number of nitrogens with zero attached hydrogens (tertiary/aromatic N) is 1. The maximum absolute atomic E-state index is 13.1. The van der Waals surface area contributed by atoms with Crippen molar-refractivity contribution in [2.75, 3.05) is 6.61 Å². The van der Waals surface area contributed by atoms with Gasteiger partial charge >= 0.3 is 0 Å². The summed E-state index contributed by atoms with van der Waals surface area (Å²) in [4.78, 5) is 27.6. The number of aryl methyl sites for hydroxylation is 1. The van der Waals surface area contributed by atoms with Gasteiger partial charge in [-0.1, -0.05) is 56.3 Å². The zero-order valence-corrected chi connectivity index (χ0v) is 17.9. The molecule has 0 saturated carbocycles. The third-order valence-electron chi connectivity index (χ3n) is 4.93. The molecule has 0 heterocycles. The van der Waals surface area contributed by atoms with E-state index in [0.29, 0.717) is 18.7 Å². The van der Waals surface area contributed by atoms with Crippen molar-refractivity contribution in [1.29, 1.82) is 0 Å². The standard InChI is InChI=1S/C24H32N2O3/c1-5-19(4)25-24(28)22(6-2)26(16-20-12-8-7-9-13-20)23(27)17-29-21-14-10-11-18(3)15-21/h7-15,19,22H,5-6,16-17H2,1-4H3,(H,25,28)/t19-,22-/m0/s1. The zero-order chi connectivity index (χ0) is 21.2. The Morgan fingerprint density at radius 2 is 1.76 bits per heavy atom. The lowest BCUT2D eigenvalue weighted by Crippen LogP contribution is -2.51. The molecule has 1 N–H and O–H groups in total. The number of hydrogen-bond donors (Lipinski definition) is 1. The Labute approximate surface area is 174 Å². The van der Waals surface area contributed by atoms with Crippen LogP contribution in [0, 0.1) is 6.92 Å². The van der Waals surface area contributed by atoms with Crippen molar-refractivity contribution in [3.63, 3.8) is 0 Å². The van der Waals surface area contributed by atoms with E-state index in [1.807, 2.05) is 82.3 Å². The van der Waals surface area contributed by atoms with Gasteiger partial charge in [0.1, 0.15) is 11.8 Å². The Morgan fingerprint density at radius 1 is 1.03 bits per heavy atom. The SMILES string of the molecule is CC[C@H](C)NC(=O)[C@H](CC)N(Cc1ccccc1)C(=O)COc1cccc(C)c1. The molecule has 2 aromatic rings. The molecule has 5 heteroatoms. The van der Waals surface area contributed by atoms with Crippen LogP contribution in [-0.4, -0.2) is 35.4 Å². The molecule has 0 fully saturated rings. The van der Waals surface area contributed by atoms with Crippen LogP contribution in [-0.2, 0) is 16.1 Å². The maximum Gasteiger partial charge on any atom is 0.261 e. The number of benzene rings is 2. The van der Waals surface area contributed by atoms with Crippen LogP contribution in [0.15, 0.2) is 54.6 Å². The van der Waals surface area contributed by atoms with Gasteiger partial charge in [0.25, 0.3) is 5.91 Å². The van der Waals surface area contributed by atoms with E-state index in [0.717, 1.165) is 17.5 Å². The summed E-state index contributed by atoms with van der Waals surface area (Å²) in [5.41, 5.74) is 2.04. The average Bonchev–Trinajstić information content (AvgIpc) is 2.72. The van der Waals surface area contributed by atoms with Crippen molar-refractivity contribution >= 4 is 11.8 Å². The summed E-state index contributed by atoms with van der Waals surface area (Å²) in [7, 11) is 0. The van der Waals surface area contributed by atoms with Gasteiger partial charge in [-0.2, -0.15) is 0 Å². The van der Waals surface area contributed by atoms with Gasteiger partial charge in [0.2, 0.25) is 5.91 Å². The molecule has 0 radical (unpaired) electrons. The van der Waals surface area contributed by atoms with E-state index in [-0.39, 0.29) is 24.5 Å². The van der Waals surface area contributed by atoms with Crippen molar-refractivity contribution in [1.82, 2.24) is 10.2 Å². The first-order chi connectivity index (χ1) is 13.9. The van der Waals surface area contributed by atoms with E-state index >= 15 is 0 Å². The largest absolute Gasteiger partial charge is 0.484 e. The Bertz CT molecular complexity index is 792. The Morgan fingerprint density at radius 3 is 2.38 bits per heavy atom. The smallest absolute Gasteiger partial charge is 0.261 e. The number of carbonyl (C=O) groups excluding carboxylic acids is 2. The molecule has 0 aliphatic heterocycles. The molecule has 2 atom stereocenters. The van der Waals surface area contributed by atoms with Crippen molar-refractivity contribution in [2.24, 2.45) is 0 Å². The van der Waals surface area contributed by atoms with Gasteiger partial charge in [-0.05, 0) is 49.9 Å². The van der Waals surface area contributed by atoms with Gasteiger partial charge in [-0.15, -0.1) is 0 Å². The molecule has 29 heavy (non-hydrogen) atoms. The number of ether oxygens (including phenoxy) is 1. The summed E-state index contributed by atoms with van der Waals surface area (Å²) in [6.45, 7) is 8.15. The summed E-state index contributed by atoms with van der Waals surface area (Å²) in [6.07, 6.45) is 1.37. The van der Waals surface area contributed by atoms with Crippen LogP contribution in [0.3, 0.4) is 0 Å². The molecule has 0 aliphatic carbocycles. The summed E-state index contributed by atoms with van der Waals surface area (Å²) >= 11 is 0. The second kappa shape index (κ2) is 11.2. The lowest BCUT2D eigenvalue weighted by Gasteiger charge is -2.31. The molecule has 156 valence electrons. The van der Waals surface area contributed by atoms with Crippen LogP contribution >= 0.6 is 0 Å². The quantitative estimate of drug-likeness (QED) is 0.658. The second-order valence-corrected chi connectivity index (χ2v) is 7.35. The van der Waals surface area contributed by atoms with E-state index in [4.69, 9.17) is 4.74 Å². The third-order valence-corrected chi connectivity index (χ3v) is 4.93. The molecule has 2 rings (SSSR count). The van der Waals surface area contributed by atoms with Crippen molar-refractivity contribution in [3.8, 4) is 5.75 Å². The summed E-state index contributed by atoms with van der Waals surface area (Å²) in [5, 5.41) is 3.01. The molecule has 5 nitrogen and oxygen atoms in total. The monoisotopic (exact) mass is 396 g/mol. The molecule has 0 unspecified atom stereocenters. The third kappa shape index (κ3) is 6.93. The molecule has 0 aromatic heterocycles. The van der Waals surface area contributed by atoms with Crippen LogP contribution in [0.25, 0.3) is 0 Å². The fourth-order valence-electron chi connectivity index (χ4n) is 3.07. The molecule has 0 bridgehead atoms. The molecular weight excluding hydrogens is 364 g/mol. The highest BCUT2D eigenvalue weighted by molar-refractivity contribution is 5.88. The fraction of sp³-hybridized carbons (Fsp3) is 0.417. The van der Waals surface area contributed by atoms with Gasteiger partial charge in [0.05, 0.1) is 0 Å². The number of rotatable bonds is 10. The van der Waals surface area contributed by atoms with Gasteiger partial charge in [-0.3, -0.25) is 9.59 Å². The van der Waals surface area contributed by atoms with E-state index in [9.17, 15) is 9.59 Å². The Balaban J connectivity index is 2.18. The highest BCUT2D eigenvalue weighted by Crippen LogP contribution is 2.15. The molecule has 0 spiro atoms. The second-order valence-electron chi connectivity index (χ2n) is 7.35. The van der Waals surface area contributed by atoms with Crippen molar-refractivity contribution in [3.05, 3.63) is 65.7 Å². The van der Waals surface area contributed by atoms with Crippen LogP contribution in [0.2, 0.25) is 0 Å². The molecule has 0 aliphatic rings. The average molecular weight is 397 g/mol. The normalized spacial score (nSPS) is 12.7. The van der Waals surface area contributed by atoms with Crippen LogP contribution < -0.4 is 10.1 Å². The Hall–Kier alpha value is -2.82. The predicted octanol–water partition coefficient (Wildman–Crippen LogP) is 4.10. The lowest BCUT2D eigenvalue weighted by molar-refractivity contribution is -0.143. The first-order valence-corrected chi connectivity index (χ1v) is 10.3. The molecular formula is C24H32N2O3. The minimum Gasteiger partial charge on any atom is -0.484 e. The van der Waals surface area contributed by atoms with Crippen molar-refractivity contribution < 1.29 is 14.3 Å². The minimum atomic E-state index is -0.544. The van der Waals surface area contributed by atoms with Crippen LogP contribution in [0.4, 0.5) is 0 Å². The van der Waals surface area contributed by atoms with E-state index in [2.05, 4.69) is 5.32 Å². The molecule has 2 amide bonds. The number of nitrogens with one attached hydrogen (secondary N) is 1. The summed E-state index contributed by atoms with van der Waals surface area (Å²) in [5.74, 6) is 0.318. The van der Waals surface area contributed by atoms with Gasteiger partial charge < -0.3 is 15.0 Å². The first kappa shape index (κ1) is 22.5. The molecule has 0 saturated heterocycles. The predicted molar refractivity (Wildman–Crippen MR) is 116 cm³/mol. The first-order valence-electron chi connectivity index (χ1n) is 10.3.